The summed E-state index contributed by atoms with van der Waals surface area (Å²) >= 11 is 0. The molecule has 1 aromatic rings. The minimum absolute atomic E-state index is 0.0143. The van der Waals surface area contributed by atoms with Gasteiger partial charge in [-0.15, -0.1) is 0 Å². The van der Waals surface area contributed by atoms with Crippen molar-refractivity contribution >= 4 is 6.41 Å². The second kappa shape index (κ2) is 5.09. The number of phenols is 1. The summed E-state index contributed by atoms with van der Waals surface area (Å²) in [4.78, 5) is 10.1. The SMILES string of the molecule is COc1cc(CNC=O)cc(O)c1OC. The quantitative estimate of drug-likeness (QED) is 0.702. The van der Waals surface area contributed by atoms with Crippen LogP contribution < -0.4 is 14.8 Å². The van der Waals surface area contributed by atoms with Crippen LogP contribution in [0.5, 0.6) is 17.2 Å². The molecule has 0 fully saturated rings. The summed E-state index contributed by atoms with van der Waals surface area (Å²) in [6.07, 6.45) is 0.591. The topological polar surface area (TPSA) is 67.8 Å². The van der Waals surface area contributed by atoms with E-state index in [1.807, 2.05) is 0 Å². The largest absolute Gasteiger partial charge is 0.504 e. The molecule has 0 bridgehead atoms. The van der Waals surface area contributed by atoms with Gasteiger partial charge in [0, 0.05) is 6.54 Å². The Morgan fingerprint density at radius 2 is 2.13 bits per heavy atom. The van der Waals surface area contributed by atoms with Gasteiger partial charge in [0.25, 0.3) is 0 Å². The molecule has 0 aliphatic heterocycles. The van der Waals surface area contributed by atoms with Crippen LogP contribution in [0.2, 0.25) is 0 Å². The van der Waals surface area contributed by atoms with Crippen LogP contribution >= 0.6 is 0 Å². The Bertz CT molecular complexity index is 352. The number of benzene rings is 1. The summed E-state index contributed by atoms with van der Waals surface area (Å²) in [5, 5.41) is 12.1. The molecule has 0 saturated heterocycles. The van der Waals surface area contributed by atoms with Gasteiger partial charge in [0.15, 0.2) is 11.5 Å². The highest BCUT2D eigenvalue weighted by Crippen LogP contribution is 2.37. The number of nitrogens with one attached hydrogen (secondary N) is 1. The normalized spacial score (nSPS) is 9.47. The van der Waals surface area contributed by atoms with Gasteiger partial charge in [-0.2, -0.15) is 0 Å². The van der Waals surface area contributed by atoms with Crippen molar-refractivity contribution in [3.63, 3.8) is 0 Å². The zero-order chi connectivity index (χ0) is 11.3. The van der Waals surface area contributed by atoms with Crippen molar-refractivity contribution < 1.29 is 19.4 Å². The second-order valence-corrected chi connectivity index (χ2v) is 2.85. The van der Waals surface area contributed by atoms with Gasteiger partial charge in [-0.05, 0) is 17.7 Å². The van der Waals surface area contributed by atoms with E-state index in [1.165, 1.54) is 20.3 Å². The summed E-state index contributed by atoms with van der Waals surface area (Å²) in [6.45, 7) is 0.331. The predicted octanol–water partition coefficient (Wildman–Crippen LogP) is 0.655. The Hall–Kier alpha value is -1.91. The molecule has 5 heteroatoms. The lowest BCUT2D eigenvalue weighted by molar-refractivity contribution is -0.109. The van der Waals surface area contributed by atoms with Gasteiger partial charge < -0.3 is 19.9 Å². The van der Waals surface area contributed by atoms with Crippen LogP contribution in [0.15, 0.2) is 12.1 Å². The molecule has 1 aromatic carbocycles. The number of amides is 1. The van der Waals surface area contributed by atoms with Gasteiger partial charge >= 0.3 is 0 Å². The molecule has 0 unspecified atom stereocenters. The third-order valence-corrected chi connectivity index (χ3v) is 1.91. The molecular weight excluding hydrogens is 198 g/mol. The monoisotopic (exact) mass is 211 g/mol. The van der Waals surface area contributed by atoms with E-state index < -0.39 is 0 Å². The highest BCUT2D eigenvalue weighted by Gasteiger charge is 2.10. The molecule has 0 radical (unpaired) electrons. The lowest BCUT2D eigenvalue weighted by Gasteiger charge is -2.11. The van der Waals surface area contributed by atoms with Crippen LogP contribution in [0.1, 0.15) is 5.56 Å². The fourth-order valence-electron chi connectivity index (χ4n) is 1.26. The van der Waals surface area contributed by atoms with E-state index >= 15 is 0 Å². The average Bonchev–Trinajstić information content (AvgIpc) is 2.25. The first-order valence-corrected chi connectivity index (χ1v) is 4.33. The molecule has 0 heterocycles. The molecule has 0 aliphatic rings. The van der Waals surface area contributed by atoms with Gasteiger partial charge in [-0.25, -0.2) is 0 Å². The molecular formula is C10H13NO4. The summed E-state index contributed by atoms with van der Waals surface area (Å²) in [7, 11) is 2.93. The number of phenolic OH excluding ortho intramolecular Hbond substituents is 1. The van der Waals surface area contributed by atoms with Crippen LogP contribution in [-0.4, -0.2) is 25.7 Å². The predicted molar refractivity (Wildman–Crippen MR) is 54.1 cm³/mol. The van der Waals surface area contributed by atoms with Crippen molar-refractivity contribution in [2.45, 2.75) is 6.54 Å². The van der Waals surface area contributed by atoms with E-state index in [0.717, 1.165) is 5.56 Å². The smallest absolute Gasteiger partial charge is 0.207 e. The van der Waals surface area contributed by atoms with Crippen LogP contribution in [0.4, 0.5) is 0 Å². The lowest BCUT2D eigenvalue weighted by atomic mass is 10.2. The maximum Gasteiger partial charge on any atom is 0.207 e. The molecule has 0 saturated carbocycles. The second-order valence-electron chi connectivity index (χ2n) is 2.85. The fraction of sp³-hybridized carbons (Fsp3) is 0.300. The summed E-state index contributed by atoms with van der Waals surface area (Å²) < 4.78 is 10.00. The van der Waals surface area contributed by atoms with Crippen LogP contribution in [0, 0.1) is 0 Å². The van der Waals surface area contributed by atoms with Gasteiger partial charge in [-0.3, -0.25) is 4.79 Å². The number of hydrogen-bond donors (Lipinski definition) is 2. The molecule has 2 N–H and O–H groups in total. The average molecular weight is 211 g/mol. The Morgan fingerprint density at radius 3 is 2.67 bits per heavy atom. The van der Waals surface area contributed by atoms with Crippen molar-refractivity contribution in [2.24, 2.45) is 0 Å². The van der Waals surface area contributed by atoms with E-state index in [0.29, 0.717) is 18.7 Å². The lowest BCUT2D eigenvalue weighted by Crippen LogP contribution is -2.09. The van der Waals surface area contributed by atoms with Crippen LogP contribution in [0.25, 0.3) is 0 Å². The highest BCUT2D eigenvalue weighted by atomic mass is 16.5. The van der Waals surface area contributed by atoms with Crippen molar-refractivity contribution in [2.75, 3.05) is 14.2 Å². The Kier molecular flexibility index (Phi) is 3.79. The van der Waals surface area contributed by atoms with Gasteiger partial charge in [0.2, 0.25) is 12.2 Å². The van der Waals surface area contributed by atoms with Gasteiger partial charge in [0.1, 0.15) is 0 Å². The summed E-state index contributed by atoms with van der Waals surface area (Å²) in [6, 6.07) is 3.20. The zero-order valence-electron chi connectivity index (χ0n) is 8.61. The maximum absolute atomic E-state index is 10.1. The first kappa shape index (κ1) is 11.2. The Morgan fingerprint density at radius 1 is 1.40 bits per heavy atom. The summed E-state index contributed by atoms with van der Waals surface area (Å²) in [5.41, 5.74) is 0.734. The third-order valence-electron chi connectivity index (χ3n) is 1.91. The van der Waals surface area contributed by atoms with Gasteiger partial charge in [0.05, 0.1) is 14.2 Å². The highest BCUT2D eigenvalue weighted by molar-refractivity contribution is 5.54. The first-order chi connectivity index (χ1) is 7.22. The molecule has 5 nitrogen and oxygen atoms in total. The van der Waals surface area contributed by atoms with Crippen molar-refractivity contribution in [3.05, 3.63) is 17.7 Å². The minimum atomic E-state index is -0.0143. The van der Waals surface area contributed by atoms with Crippen LogP contribution in [-0.2, 0) is 11.3 Å². The molecule has 0 aromatic heterocycles. The van der Waals surface area contributed by atoms with Gasteiger partial charge in [-0.1, -0.05) is 0 Å². The Balaban J connectivity index is 3.02. The van der Waals surface area contributed by atoms with E-state index in [4.69, 9.17) is 9.47 Å². The number of rotatable bonds is 5. The third kappa shape index (κ3) is 2.52. The van der Waals surface area contributed by atoms with E-state index in [1.54, 1.807) is 6.07 Å². The van der Waals surface area contributed by atoms with Crippen molar-refractivity contribution in [3.8, 4) is 17.2 Å². The maximum atomic E-state index is 10.1. The van der Waals surface area contributed by atoms with E-state index in [-0.39, 0.29) is 11.5 Å². The number of aromatic hydroxyl groups is 1. The molecule has 82 valence electrons. The number of ether oxygens (including phenoxy) is 2. The number of carbonyl (C=O) groups excluding carboxylic acids is 1. The van der Waals surface area contributed by atoms with E-state index in [2.05, 4.69) is 5.32 Å². The molecule has 15 heavy (non-hydrogen) atoms. The Labute approximate surface area is 87.6 Å². The minimum Gasteiger partial charge on any atom is -0.504 e. The van der Waals surface area contributed by atoms with E-state index in [9.17, 15) is 9.90 Å². The number of carbonyl (C=O) groups is 1. The fourth-order valence-corrected chi connectivity index (χ4v) is 1.26. The molecule has 0 aliphatic carbocycles. The zero-order valence-corrected chi connectivity index (χ0v) is 8.61. The molecule has 0 atom stereocenters. The van der Waals surface area contributed by atoms with Crippen LogP contribution in [0.3, 0.4) is 0 Å². The van der Waals surface area contributed by atoms with Crippen molar-refractivity contribution in [1.82, 2.24) is 5.32 Å². The molecule has 1 amide bonds. The standard InChI is InChI=1S/C10H13NO4/c1-14-9-4-7(5-11-6-12)3-8(13)10(9)15-2/h3-4,6,13H,5H2,1-2H3,(H,11,12). The molecule has 0 spiro atoms. The molecule has 1 rings (SSSR count). The number of hydrogen-bond acceptors (Lipinski definition) is 4. The number of methoxy groups -OCH3 is 2. The summed E-state index contributed by atoms with van der Waals surface area (Å²) in [5.74, 6) is 0.701. The van der Waals surface area contributed by atoms with Crippen molar-refractivity contribution in [1.29, 1.82) is 0 Å². The first-order valence-electron chi connectivity index (χ1n) is 4.33.